The second-order valence-corrected chi connectivity index (χ2v) is 8.35. The Bertz CT molecular complexity index is 1560. The van der Waals surface area contributed by atoms with Gasteiger partial charge in [-0.15, -0.1) is 0 Å². The lowest BCUT2D eigenvalue weighted by molar-refractivity contribution is -0.139. The number of aromatic amines is 1. The molecule has 0 atom stereocenters. The van der Waals surface area contributed by atoms with E-state index in [2.05, 4.69) is 26.3 Å². The van der Waals surface area contributed by atoms with Crippen LogP contribution in [0.4, 0.5) is 50.8 Å². The zero-order valence-electron chi connectivity index (χ0n) is 19.4. The number of benzene rings is 3. The van der Waals surface area contributed by atoms with Gasteiger partial charge in [-0.25, -0.2) is 9.18 Å². The number of alkyl halides is 3. The largest absolute Gasteiger partial charge is 0.419 e. The number of fused-ring (bicyclic) bond motifs is 1. The molecule has 38 heavy (non-hydrogen) atoms. The molecule has 1 aromatic heterocycles. The van der Waals surface area contributed by atoms with Crippen molar-refractivity contribution in [2.45, 2.75) is 6.18 Å². The first-order valence-corrected chi connectivity index (χ1v) is 11.3. The maximum Gasteiger partial charge on any atom is 0.419 e. The average molecular weight is 521 g/mol. The van der Waals surface area contributed by atoms with E-state index in [1.165, 1.54) is 0 Å². The molecule has 3 amide bonds. The highest BCUT2D eigenvalue weighted by Gasteiger charge is 2.35. The smallest absolute Gasteiger partial charge is 0.362 e. The average Bonchev–Trinajstić information content (AvgIpc) is 3.47. The number of H-pyrrole nitrogens is 1. The number of anilines is 5. The summed E-state index contributed by atoms with van der Waals surface area (Å²) in [5.74, 6) is -1.79. The number of hydrogen-bond acceptors (Lipinski definition) is 3. The van der Waals surface area contributed by atoms with Gasteiger partial charge in [0.1, 0.15) is 0 Å². The van der Waals surface area contributed by atoms with Crippen molar-refractivity contribution >= 4 is 52.0 Å². The minimum Gasteiger partial charge on any atom is -0.362 e. The molecule has 0 fully saturated rings. The Morgan fingerprint density at radius 2 is 1.63 bits per heavy atom. The molecule has 11 heteroatoms. The zero-order chi connectivity index (χ0) is 26.9. The molecule has 0 bridgehead atoms. The molecule has 5 rings (SSSR count). The predicted molar refractivity (Wildman–Crippen MR) is 138 cm³/mol. The van der Waals surface area contributed by atoms with Crippen LogP contribution in [0.2, 0.25) is 0 Å². The summed E-state index contributed by atoms with van der Waals surface area (Å²) in [5, 5.41) is 10.6. The lowest BCUT2D eigenvalue weighted by Gasteiger charge is -2.13. The normalized spacial score (nSPS) is 13.7. The van der Waals surface area contributed by atoms with Gasteiger partial charge in [0.05, 0.1) is 22.5 Å². The molecule has 0 saturated carbocycles. The summed E-state index contributed by atoms with van der Waals surface area (Å²) in [6.45, 7) is 0. The third-order valence-corrected chi connectivity index (χ3v) is 5.69. The molecule has 1 aliphatic rings. The van der Waals surface area contributed by atoms with E-state index in [1.54, 1.807) is 48.7 Å². The van der Waals surface area contributed by atoms with E-state index in [-0.39, 0.29) is 5.91 Å². The second kappa shape index (κ2) is 9.77. The molecule has 5 N–H and O–H groups in total. The molecule has 1 aliphatic heterocycles. The van der Waals surface area contributed by atoms with E-state index in [0.29, 0.717) is 34.4 Å². The summed E-state index contributed by atoms with van der Waals surface area (Å²) in [6, 6.07) is 17.3. The van der Waals surface area contributed by atoms with Crippen LogP contribution < -0.4 is 21.3 Å². The quantitative estimate of drug-likeness (QED) is 0.144. The van der Waals surface area contributed by atoms with Crippen molar-refractivity contribution < 1.29 is 27.2 Å². The van der Waals surface area contributed by atoms with Gasteiger partial charge in [-0.3, -0.25) is 4.79 Å². The molecule has 0 aliphatic carbocycles. The van der Waals surface area contributed by atoms with E-state index < -0.39 is 29.3 Å². The number of urea groups is 1. The standard InChI is InChI=1S/C27H19F4N5O2/c28-24-21(27(29,30)31)7-2-8-22(24)36-26(38)34-17-5-1-4-16(12-17)33-18-9-10-19-20(13-15-6-3-11-32-15)25(37)35-23(19)14-18/h1-14,32-33H,(H,35,37)(H2,34,36,38)/b20-13+. The molecular formula is C27H19F4N5O2. The van der Waals surface area contributed by atoms with Crippen LogP contribution in [0.15, 0.2) is 79.0 Å². The van der Waals surface area contributed by atoms with Gasteiger partial charge < -0.3 is 26.3 Å². The Morgan fingerprint density at radius 3 is 2.39 bits per heavy atom. The summed E-state index contributed by atoms with van der Waals surface area (Å²) in [4.78, 5) is 27.8. The van der Waals surface area contributed by atoms with Crippen LogP contribution in [-0.2, 0) is 11.0 Å². The molecular weight excluding hydrogens is 502 g/mol. The second-order valence-electron chi connectivity index (χ2n) is 8.35. The van der Waals surface area contributed by atoms with E-state index in [0.717, 1.165) is 23.4 Å². The van der Waals surface area contributed by atoms with E-state index in [9.17, 15) is 27.2 Å². The minimum atomic E-state index is -4.89. The van der Waals surface area contributed by atoms with Crippen molar-refractivity contribution in [1.82, 2.24) is 4.98 Å². The number of rotatable bonds is 5. The summed E-state index contributed by atoms with van der Waals surface area (Å²) >= 11 is 0. The Kier molecular flexibility index (Phi) is 6.33. The van der Waals surface area contributed by atoms with Crippen LogP contribution in [0.1, 0.15) is 16.8 Å². The SMILES string of the molecule is O=C(Nc1cccc(Nc2ccc3c(c2)NC(=O)/C3=C/c2ccc[nH]2)c1)Nc1cccc(C(F)(F)F)c1F. The van der Waals surface area contributed by atoms with Crippen molar-refractivity contribution in [2.75, 3.05) is 21.3 Å². The fraction of sp³-hybridized carbons (Fsp3) is 0.0370. The van der Waals surface area contributed by atoms with Crippen molar-refractivity contribution in [3.63, 3.8) is 0 Å². The van der Waals surface area contributed by atoms with Crippen molar-refractivity contribution in [3.05, 3.63) is 102 Å². The third kappa shape index (κ3) is 5.21. The highest BCUT2D eigenvalue weighted by atomic mass is 19.4. The number of halogens is 4. The monoisotopic (exact) mass is 521 g/mol. The molecule has 7 nitrogen and oxygen atoms in total. The first-order chi connectivity index (χ1) is 18.2. The molecule has 0 saturated heterocycles. The fourth-order valence-electron chi connectivity index (χ4n) is 3.98. The molecule has 192 valence electrons. The van der Waals surface area contributed by atoms with Crippen LogP contribution in [0.3, 0.4) is 0 Å². The zero-order valence-corrected chi connectivity index (χ0v) is 19.4. The van der Waals surface area contributed by atoms with Gasteiger partial charge in [-0.05, 0) is 60.7 Å². The number of carbonyl (C=O) groups excluding carboxylic acids is 2. The van der Waals surface area contributed by atoms with E-state index in [1.807, 2.05) is 18.2 Å². The van der Waals surface area contributed by atoms with Gasteiger partial charge >= 0.3 is 12.2 Å². The lowest BCUT2D eigenvalue weighted by atomic mass is 10.1. The first-order valence-electron chi connectivity index (χ1n) is 11.3. The van der Waals surface area contributed by atoms with Gasteiger partial charge in [0.15, 0.2) is 5.82 Å². The lowest BCUT2D eigenvalue weighted by Crippen LogP contribution is -2.21. The summed E-state index contributed by atoms with van der Waals surface area (Å²) in [5.41, 5.74) is 2.20. The number of nitrogens with one attached hydrogen (secondary N) is 5. The molecule has 3 aromatic carbocycles. The van der Waals surface area contributed by atoms with Crippen LogP contribution >= 0.6 is 0 Å². The number of carbonyl (C=O) groups is 2. The molecule has 0 radical (unpaired) electrons. The van der Waals surface area contributed by atoms with Gasteiger partial charge in [-0.1, -0.05) is 18.2 Å². The molecule has 0 unspecified atom stereocenters. The molecule has 4 aromatic rings. The van der Waals surface area contributed by atoms with Crippen molar-refractivity contribution in [1.29, 1.82) is 0 Å². The van der Waals surface area contributed by atoms with Gasteiger partial charge in [0.2, 0.25) is 0 Å². The van der Waals surface area contributed by atoms with Crippen LogP contribution in [-0.4, -0.2) is 16.9 Å². The Morgan fingerprint density at radius 1 is 0.868 bits per heavy atom. The predicted octanol–water partition coefficient (Wildman–Crippen LogP) is 7.05. The Balaban J connectivity index is 1.28. The molecule has 0 spiro atoms. The maximum atomic E-state index is 14.2. The maximum absolute atomic E-state index is 14.2. The number of aromatic nitrogens is 1. The highest BCUT2D eigenvalue weighted by Crippen LogP contribution is 2.36. The van der Waals surface area contributed by atoms with E-state index in [4.69, 9.17) is 0 Å². The number of amides is 3. The topological polar surface area (TPSA) is 98.1 Å². The summed E-state index contributed by atoms with van der Waals surface area (Å²) in [7, 11) is 0. The van der Waals surface area contributed by atoms with Crippen LogP contribution in [0.25, 0.3) is 11.6 Å². The van der Waals surface area contributed by atoms with E-state index >= 15 is 0 Å². The Labute approximate surface area is 213 Å². The summed E-state index contributed by atoms with van der Waals surface area (Å²) < 4.78 is 53.0. The highest BCUT2D eigenvalue weighted by molar-refractivity contribution is 6.35. The fourth-order valence-corrected chi connectivity index (χ4v) is 3.98. The molecule has 2 heterocycles. The summed E-state index contributed by atoms with van der Waals surface area (Å²) in [6.07, 6.45) is -1.36. The Hall–Kier alpha value is -5.06. The van der Waals surface area contributed by atoms with Gasteiger partial charge in [0, 0.05) is 34.5 Å². The van der Waals surface area contributed by atoms with Crippen molar-refractivity contribution in [2.24, 2.45) is 0 Å². The van der Waals surface area contributed by atoms with Crippen LogP contribution in [0, 0.1) is 5.82 Å². The first kappa shape index (κ1) is 24.6. The number of hydrogen-bond donors (Lipinski definition) is 5. The third-order valence-electron chi connectivity index (χ3n) is 5.69. The van der Waals surface area contributed by atoms with Gasteiger partial charge in [-0.2, -0.15) is 13.2 Å². The minimum absolute atomic E-state index is 0.221. The van der Waals surface area contributed by atoms with Gasteiger partial charge in [0.25, 0.3) is 5.91 Å². The van der Waals surface area contributed by atoms with Crippen molar-refractivity contribution in [3.8, 4) is 0 Å². The van der Waals surface area contributed by atoms with Crippen LogP contribution in [0.5, 0.6) is 0 Å².